The lowest BCUT2D eigenvalue weighted by atomic mass is 10.1. The van der Waals surface area contributed by atoms with Crippen molar-refractivity contribution < 1.29 is 17.6 Å². The number of anilines is 1. The van der Waals surface area contributed by atoms with Gasteiger partial charge in [-0.1, -0.05) is 12.1 Å². The normalized spacial score (nSPS) is 12.1. The fraction of sp³-hybridized carbons (Fsp3) is 0.286. The van der Waals surface area contributed by atoms with Gasteiger partial charge in [-0.3, -0.25) is 19.1 Å². The summed E-state index contributed by atoms with van der Waals surface area (Å²) in [5.41, 5.74) is -1.89. The Bertz CT molecular complexity index is 1400. The van der Waals surface area contributed by atoms with Gasteiger partial charge in [-0.15, -0.1) is 0 Å². The Morgan fingerprint density at radius 1 is 1.12 bits per heavy atom. The average Bonchev–Trinajstić information content (AvgIpc) is 2.67. The summed E-state index contributed by atoms with van der Waals surface area (Å²) >= 11 is 0. The summed E-state index contributed by atoms with van der Waals surface area (Å²) in [6.45, 7) is 4.92. The molecule has 0 aliphatic heterocycles. The molecule has 0 saturated carbocycles. The van der Waals surface area contributed by atoms with Crippen LogP contribution in [0.4, 0.5) is 10.1 Å². The van der Waals surface area contributed by atoms with Gasteiger partial charge in [0.1, 0.15) is 5.82 Å². The molecule has 32 heavy (non-hydrogen) atoms. The topological polar surface area (TPSA) is 130 Å². The van der Waals surface area contributed by atoms with Crippen LogP contribution in [0.5, 0.6) is 0 Å². The third-order valence-electron chi connectivity index (χ3n) is 4.43. The third-order valence-corrected chi connectivity index (χ3v) is 6.19. The largest absolute Gasteiger partial charge is 0.328 e. The molecule has 0 bridgehead atoms. The molecule has 0 atom stereocenters. The number of nitrogens with zero attached hydrogens (tertiary/aromatic N) is 1. The number of carbonyl (C=O) groups is 1. The molecule has 11 heteroatoms. The number of hydrogen-bond donors (Lipinski definition) is 3. The van der Waals surface area contributed by atoms with Crippen molar-refractivity contribution in [1.82, 2.24) is 14.3 Å². The first-order chi connectivity index (χ1) is 14.9. The standard InChI is InChI=1S/C21H23FN4O5S/c1-21(2,3)25-32(30,31)13-8-9-15(22)16(12-13)23-18(27)10-11-26-17-7-5-4-6-14(17)19(28)24-20(26)29/h4-9,12,25H,10-11H2,1-3H3,(H,23,27)(H,24,28,29). The molecule has 9 nitrogen and oxygen atoms in total. The highest BCUT2D eigenvalue weighted by molar-refractivity contribution is 7.89. The van der Waals surface area contributed by atoms with E-state index in [0.717, 1.165) is 18.2 Å². The van der Waals surface area contributed by atoms with Gasteiger partial charge < -0.3 is 5.32 Å². The van der Waals surface area contributed by atoms with Gasteiger partial charge >= 0.3 is 5.69 Å². The Balaban J connectivity index is 1.80. The number of carbonyl (C=O) groups excluding carboxylic acids is 1. The van der Waals surface area contributed by atoms with E-state index >= 15 is 0 Å². The monoisotopic (exact) mass is 462 g/mol. The molecule has 3 aromatic rings. The fourth-order valence-electron chi connectivity index (χ4n) is 3.12. The van der Waals surface area contributed by atoms with Crippen LogP contribution in [0.3, 0.4) is 0 Å². The summed E-state index contributed by atoms with van der Waals surface area (Å²) in [5.74, 6) is -1.44. The van der Waals surface area contributed by atoms with Crippen LogP contribution >= 0.6 is 0 Å². The number of rotatable bonds is 6. The Morgan fingerprint density at radius 2 is 1.81 bits per heavy atom. The molecule has 170 valence electrons. The molecular formula is C21H23FN4O5S. The molecule has 2 aromatic carbocycles. The average molecular weight is 463 g/mol. The molecule has 0 unspecified atom stereocenters. The molecule has 1 heterocycles. The smallest absolute Gasteiger partial charge is 0.324 e. The molecule has 0 aliphatic carbocycles. The lowest BCUT2D eigenvalue weighted by molar-refractivity contribution is -0.116. The zero-order valence-electron chi connectivity index (χ0n) is 17.7. The van der Waals surface area contributed by atoms with Crippen LogP contribution in [-0.4, -0.2) is 29.4 Å². The first kappa shape index (κ1) is 23.4. The van der Waals surface area contributed by atoms with Crippen molar-refractivity contribution >= 4 is 32.5 Å². The molecule has 1 aromatic heterocycles. The van der Waals surface area contributed by atoms with E-state index < -0.39 is 38.5 Å². The summed E-state index contributed by atoms with van der Waals surface area (Å²) in [4.78, 5) is 38.5. The maximum absolute atomic E-state index is 14.2. The number of benzene rings is 2. The van der Waals surface area contributed by atoms with Gasteiger partial charge in [0, 0.05) is 18.5 Å². The van der Waals surface area contributed by atoms with E-state index in [-0.39, 0.29) is 23.5 Å². The van der Waals surface area contributed by atoms with Crippen LogP contribution in [0.1, 0.15) is 27.2 Å². The van der Waals surface area contributed by atoms with Crippen molar-refractivity contribution in [1.29, 1.82) is 0 Å². The Kier molecular flexibility index (Phi) is 6.33. The van der Waals surface area contributed by atoms with E-state index in [9.17, 15) is 27.2 Å². The molecule has 0 spiro atoms. The second-order valence-electron chi connectivity index (χ2n) is 8.22. The van der Waals surface area contributed by atoms with Crippen LogP contribution in [0.15, 0.2) is 56.9 Å². The van der Waals surface area contributed by atoms with Gasteiger partial charge in [0.05, 0.1) is 21.5 Å². The molecule has 0 aliphatic rings. The van der Waals surface area contributed by atoms with E-state index in [1.54, 1.807) is 45.0 Å². The number of halogens is 1. The molecule has 3 rings (SSSR count). The summed E-state index contributed by atoms with van der Waals surface area (Å²) in [5, 5.41) is 2.64. The fourth-order valence-corrected chi connectivity index (χ4v) is 4.56. The minimum absolute atomic E-state index is 0.0762. The lowest BCUT2D eigenvalue weighted by Crippen LogP contribution is -2.40. The number of fused-ring (bicyclic) bond motifs is 1. The van der Waals surface area contributed by atoms with E-state index in [0.29, 0.717) is 10.9 Å². The quantitative estimate of drug-likeness (QED) is 0.515. The first-order valence-corrected chi connectivity index (χ1v) is 11.2. The van der Waals surface area contributed by atoms with Gasteiger partial charge in [0.15, 0.2) is 0 Å². The van der Waals surface area contributed by atoms with Crippen molar-refractivity contribution in [2.24, 2.45) is 0 Å². The molecular weight excluding hydrogens is 439 g/mol. The second kappa shape index (κ2) is 8.67. The maximum atomic E-state index is 14.2. The van der Waals surface area contributed by atoms with Gasteiger partial charge in [-0.2, -0.15) is 0 Å². The number of H-pyrrole nitrogens is 1. The van der Waals surface area contributed by atoms with Crippen LogP contribution in [-0.2, 0) is 21.4 Å². The highest BCUT2D eigenvalue weighted by Crippen LogP contribution is 2.21. The highest BCUT2D eigenvalue weighted by atomic mass is 32.2. The predicted molar refractivity (Wildman–Crippen MR) is 119 cm³/mol. The van der Waals surface area contributed by atoms with E-state index in [1.165, 1.54) is 4.57 Å². The van der Waals surface area contributed by atoms with Crippen molar-refractivity contribution in [2.75, 3.05) is 5.32 Å². The van der Waals surface area contributed by atoms with Crippen LogP contribution in [0.25, 0.3) is 10.9 Å². The van der Waals surface area contributed by atoms with Crippen LogP contribution < -0.4 is 21.3 Å². The van der Waals surface area contributed by atoms with E-state index in [4.69, 9.17) is 0 Å². The van der Waals surface area contributed by atoms with Gasteiger partial charge in [0.25, 0.3) is 5.56 Å². The molecule has 0 fully saturated rings. The minimum Gasteiger partial charge on any atom is -0.324 e. The number of aryl methyl sites for hydroxylation is 1. The van der Waals surface area contributed by atoms with Gasteiger partial charge in [0.2, 0.25) is 15.9 Å². The summed E-state index contributed by atoms with van der Waals surface area (Å²) in [6, 6.07) is 9.53. The minimum atomic E-state index is -3.93. The van der Waals surface area contributed by atoms with Crippen molar-refractivity contribution in [3.63, 3.8) is 0 Å². The number of para-hydroxylation sites is 1. The van der Waals surface area contributed by atoms with Crippen LogP contribution in [0.2, 0.25) is 0 Å². The zero-order valence-corrected chi connectivity index (χ0v) is 18.5. The number of aromatic amines is 1. The van der Waals surface area contributed by atoms with E-state index in [1.807, 2.05) is 0 Å². The number of aromatic nitrogens is 2. The molecule has 3 N–H and O–H groups in total. The Morgan fingerprint density at radius 3 is 2.50 bits per heavy atom. The Hall–Kier alpha value is -3.31. The summed E-state index contributed by atoms with van der Waals surface area (Å²) in [6.07, 6.45) is -0.216. The maximum Gasteiger partial charge on any atom is 0.328 e. The predicted octanol–water partition coefficient (Wildman–Crippen LogP) is 1.93. The molecule has 1 amide bonds. The SMILES string of the molecule is CC(C)(C)NS(=O)(=O)c1ccc(F)c(NC(=O)CCn2c(=O)[nH]c(=O)c3ccccc32)c1. The Labute approximate surface area is 183 Å². The van der Waals surface area contributed by atoms with Crippen molar-refractivity contribution in [3.8, 4) is 0 Å². The summed E-state index contributed by atoms with van der Waals surface area (Å²) < 4.78 is 42.9. The number of amides is 1. The number of nitrogens with one attached hydrogen (secondary N) is 3. The first-order valence-electron chi connectivity index (χ1n) is 9.73. The van der Waals surface area contributed by atoms with Crippen molar-refractivity contribution in [2.45, 2.75) is 44.2 Å². The molecule has 0 radical (unpaired) electrons. The van der Waals surface area contributed by atoms with Gasteiger partial charge in [-0.25, -0.2) is 22.3 Å². The van der Waals surface area contributed by atoms with Crippen molar-refractivity contribution in [3.05, 3.63) is 69.1 Å². The van der Waals surface area contributed by atoms with Gasteiger partial charge in [-0.05, 0) is 51.1 Å². The highest BCUT2D eigenvalue weighted by Gasteiger charge is 2.23. The number of hydrogen-bond acceptors (Lipinski definition) is 5. The third kappa shape index (κ3) is 5.29. The summed E-state index contributed by atoms with van der Waals surface area (Å²) in [7, 11) is -3.93. The second-order valence-corrected chi connectivity index (χ2v) is 9.91. The van der Waals surface area contributed by atoms with Crippen LogP contribution in [0, 0.1) is 5.82 Å². The number of sulfonamides is 1. The van der Waals surface area contributed by atoms with E-state index in [2.05, 4.69) is 15.0 Å². The molecule has 0 saturated heterocycles. The zero-order chi connectivity index (χ0) is 23.7. The lowest BCUT2D eigenvalue weighted by Gasteiger charge is -2.20.